The van der Waals surface area contributed by atoms with E-state index in [0.29, 0.717) is 35.4 Å². The molecule has 136 valence electrons. The van der Waals surface area contributed by atoms with E-state index in [2.05, 4.69) is 0 Å². The summed E-state index contributed by atoms with van der Waals surface area (Å²) in [7, 11) is 1.67. The molecule has 1 aliphatic heterocycles. The Hall–Kier alpha value is -2.73. The van der Waals surface area contributed by atoms with Crippen molar-refractivity contribution < 1.29 is 23.4 Å². The first-order valence-electron chi connectivity index (χ1n) is 7.93. The molecule has 5 nitrogen and oxygen atoms in total. The SMILES string of the molecule is CN(CCOc1ccc(F)cc1)C(=O)/C=C/c1cc(Cl)c2c(c1)OCO2. The Labute approximate surface area is 155 Å². The van der Waals surface area contributed by atoms with Gasteiger partial charge in [-0.15, -0.1) is 0 Å². The summed E-state index contributed by atoms with van der Waals surface area (Å²) >= 11 is 6.11. The van der Waals surface area contributed by atoms with E-state index in [-0.39, 0.29) is 18.5 Å². The topological polar surface area (TPSA) is 48.0 Å². The maximum Gasteiger partial charge on any atom is 0.246 e. The first-order valence-corrected chi connectivity index (χ1v) is 8.31. The fraction of sp³-hybridized carbons (Fsp3) is 0.211. The average molecular weight is 378 g/mol. The zero-order chi connectivity index (χ0) is 18.5. The van der Waals surface area contributed by atoms with E-state index >= 15 is 0 Å². The van der Waals surface area contributed by atoms with Crippen molar-refractivity contribution in [3.05, 3.63) is 58.9 Å². The summed E-state index contributed by atoms with van der Waals surface area (Å²) in [6.07, 6.45) is 3.11. The van der Waals surface area contributed by atoms with Crippen molar-refractivity contribution in [3.8, 4) is 17.2 Å². The Kier molecular flexibility index (Phi) is 5.63. The zero-order valence-corrected chi connectivity index (χ0v) is 14.8. The largest absolute Gasteiger partial charge is 0.492 e. The van der Waals surface area contributed by atoms with E-state index in [1.54, 1.807) is 37.4 Å². The first kappa shape index (κ1) is 18.1. The van der Waals surface area contributed by atoms with E-state index in [9.17, 15) is 9.18 Å². The van der Waals surface area contributed by atoms with Crippen LogP contribution in [0.1, 0.15) is 5.56 Å². The molecule has 3 rings (SSSR count). The van der Waals surface area contributed by atoms with Crippen molar-refractivity contribution in [1.82, 2.24) is 4.90 Å². The van der Waals surface area contributed by atoms with Gasteiger partial charge in [0.05, 0.1) is 11.6 Å². The van der Waals surface area contributed by atoms with Gasteiger partial charge in [0, 0.05) is 13.1 Å². The molecule has 0 bridgehead atoms. The Balaban J connectivity index is 1.51. The van der Waals surface area contributed by atoms with Crippen LogP contribution in [0, 0.1) is 5.82 Å². The number of amides is 1. The molecule has 1 heterocycles. The highest BCUT2D eigenvalue weighted by atomic mass is 35.5. The van der Waals surface area contributed by atoms with Crippen LogP contribution in [0.3, 0.4) is 0 Å². The lowest BCUT2D eigenvalue weighted by molar-refractivity contribution is -0.125. The number of halogens is 2. The fourth-order valence-electron chi connectivity index (χ4n) is 2.32. The molecule has 0 spiro atoms. The summed E-state index contributed by atoms with van der Waals surface area (Å²) in [6.45, 7) is 0.831. The number of carbonyl (C=O) groups is 1. The van der Waals surface area contributed by atoms with Crippen LogP contribution in [-0.4, -0.2) is 37.8 Å². The molecule has 2 aromatic carbocycles. The molecule has 7 heteroatoms. The van der Waals surface area contributed by atoms with Crippen LogP contribution in [0.15, 0.2) is 42.5 Å². The van der Waals surface area contributed by atoms with Gasteiger partial charge in [0.25, 0.3) is 0 Å². The van der Waals surface area contributed by atoms with Crippen LogP contribution >= 0.6 is 11.6 Å². The van der Waals surface area contributed by atoms with Crippen molar-refractivity contribution in [2.24, 2.45) is 0 Å². The van der Waals surface area contributed by atoms with Crippen molar-refractivity contribution >= 4 is 23.6 Å². The first-order chi connectivity index (χ1) is 12.5. The van der Waals surface area contributed by atoms with E-state index < -0.39 is 0 Å². The minimum Gasteiger partial charge on any atom is -0.492 e. The summed E-state index contributed by atoms with van der Waals surface area (Å²) in [5, 5.41) is 0.438. The van der Waals surface area contributed by atoms with Crippen molar-refractivity contribution in [2.75, 3.05) is 27.0 Å². The minimum absolute atomic E-state index is 0.137. The van der Waals surface area contributed by atoms with Gasteiger partial charge < -0.3 is 19.1 Å². The van der Waals surface area contributed by atoms with Crippen molar-refractivity contribution in [2.45, 2.75) is 0 Å². The van der Waals surface area contributed by atoms with Crippen LogP contribution < -0.4 is 14.2 Å². The molecule has 0 saturated carbocycles. The summed E-state index contributed by atoms with van der Waals surface area (Å²) in [5.41, 5.74) is 0.739. The van der Waals surface area contributed by atoms with Crippen molar-refractivity contribution in [1.29, 1.82) is 0 Å². The van der Waals surface area contributed by atoms with E-state index in [4.69, 9.17) is 25.8 Å². The maximum atomic E-state index is 12.8. The lowest BCUT2D eigenvalue weighted by atomic mass is 10.2. The highest BCUT2D eigenvalue weighted by Gasteiger charge is 2.17. The second-order valence-electron chi connectivity index (χ2n) is 5.63. The average Bonchev–Trinajstić information content (AvgIpc) is 3.10. The Bertz CT molecular complexity index is 823. The molecular weight excluding hydrogens is 361 g/mol. The van der Waals surface area contributed by atoms with Crippen LogP contribution in [0.5, 0.6) is 17.2 Å². The highest BCUT2D eigenvalue weighted by molar-refractivity contribution is 6.32. The normalized spacial score (nSPS) is 12.4. The smallest absolute Gasteiger partial charge is 0.246 e. The Morgan fingerprint density at radius 3 is 2.85 bits per heavy atom. The number of hydrogen-bond donors (Lipinski definition) is 0. The summed E-state index contributed by atoms with van der Waals surface area (Å²) in [5.74, 6) is 1.13. The molecule has 0 aliphatic carbocycles. The van der Waals surface area contributed by atoms with Crippen LogP contribution in [0.4, 0.5) is 4.39 Å². The van der Waals surface area contributed by atoms with E-state index in [0.717, 1.165) is 5.56 Å². The van der Waals surface area contributed by atoms with Gasteiger partial charge in [-0.05, 0) is 48.0 Å². The van der Waals surface area contributed by atoms with Gasteiger partial charge >= 0.3 is 0 Å². The van der Waals surface area contributed by atoms with Crippen molar-refractivity contribution in [3.63, 3.8) is 0 Å². The predicted molar refractivity (Wildman–Crippen MR) is 96.1 cm³/mol. The van der Waals surface area contributed by atoms with Crippen LogP contribution in [0.2, 0.25) is 5.02 Å². The van der Waals surface area contributed by atoms with Gasteiger partial charge in [0.1, 0.15) is 18.2 Å². The van der Waals surface area contributed by atoms with E-state index in [1.165, 1.54) is 23.1 Å². The number of fused-ring (bicyclic) bond motifs is 1. The van der Waals surface area contributed by atoms with Gasteiger partial charge in [-0.3, -0.25) is 4.79 Å². The summed E-state index contributed by atoms with van der Waals surface area (Å²) in [6, 6.07) is 9.19. The van der Waals surface area contributed by atoms with Gasteiger partial charge in [0.2, 0.25) is 12.7 Å². The molecule has 0 aromatic heterocycles. The zero-order valence-electron chi connectivity index (χ0n) is 14.1. The summed E-state index contributed by atoms with van der Waals surface area (Å²) in [4.78, 5) is 13.7. The molecule has 2 aromatic rings. The minimum atomic E-state index is -0.321. The molecule has 0 unspecified atom stereocenters. The number of carbonyl (C=O) groups excluding carboxylic acids is 1. The Morgan fingerprint density at radius 1 is 1.31 bits per heavy atom. The van der Waals surface area contributed by atoms with Gasteiger partial charge in [0.15, 0.2) is 11.5 Å². The number of ether oxygens (including phenoxy) is 3. The van der Waals surface area contributed by atoms with Gasteiger partial charge in [-0.2, -0.15) is 0 Å². The molecular formula is C19H17ClFNO4. The lowest BCUT2D eigenvalue weighted by Crippen LogP contribution is -2.29. The fourth-order valence-corrected chi connectivity index (χ4v) is 2.59. The van der Waals surface area contributed by atoms with Gasteiger partial charge in [-0.25, -0.2) is 4.39 Å². The molecule has 0 atom stereocenters. The molecule has 0 N–H and O–H groups in total. The molecule has 1 aliphatic rings. The second kappa shape index (κ2) is 8.10. The maximum absolute atomic E-state index is 12.8. The number of rotatable bonds is 6. The molecule has 0 radical (unpaired) electrons. The molecule has 0 saturated heterocycles. The molecule has 0 fully saturated rings. The van der Waals surface area contributed by atoms with Crippen LogP contribution in [-0.2, 0) is 4.79 Å². The molecule has 26 heavy (non-hydrogen) atoms. The standard InChI is InChI=1S/C19H17ClFNO4/c1-22(8-9-24-15-5-3-14(21)4-6-15)18(23)7-2-13-10-16(20)19-17(11-13)25-12-26-19/h2-7,10-11H,8-9,12H2,1H3/b7-2+. The predicted octanol–water partition coefficient (Wildman–Crippen LogP) is 3.76. The molecule has 1 amide bonds. The third-order valence-corrected chi connectivity index (χ3v) is 4.03. The van der Waals surface area contributed by atoms with E-state index in [1.807, 2.05) is 0 Å². The third kappa shape index (κ3) is 4.46. The van der Waals surface area contributed by atoms with Crippen LogP contribution in [0.25, 0.3) is 6.08 Å². The Morgan fingerprint density at radius 2 is 2.08 bits per heavy atom. The quantitative estimate of drug-likeness (QED) is 0.719. The number of likely N-dealkylation sites (N-methyl/N-ethyl adjacent to an activating group) is 1. The van der Waals surface area contributed by atoms with Gasteiger partial charge in [-0.1, -0.05) is 11.6 Å². The number of nitrogens with zero attached hydrogens (tertiary/aromatic N) is 1. The second-order valence-corrected chi connectivity index (χ2v) is 6.04. The monoisotopic (exact) mass is 377 g/mol. The summed E-state index contributed by atoms with van der Waals surface area (Å²) < 4.78 is 28.9. The highest BCUT2D eigenvalue weighted by Crippen LogP contribution is 2.40. The number of benzene rings is 2. The number of hydrogen-bond acceptors (Lipinski definition) is 4. The lowest BCUT2D eigenvalue weighted by Gasteiger charge is -2.15. The third-order valence-electron chi connectivity index (χ3n) is 3.75.